The smallest absolute Gasteiger partial charge is 0.306 e. The molecule has 1 heterocycles. The molecule has 10 heteroatoms. The van der Waals surface area contributed by atoms with E-state index in [0.29, 0.717) is 12.8 Å². The first kappa shape index (κ1) is 55.2. The normalized spacial score (nSPS) is 20.1. The second kappa shape index (κ2) is 40.3. The van der Waals surface area contributed by atoms with Crippen LogP contribution in [0.1, 0.15) is 219 Å². The number of unbranched alkanes of at least 4 members (excludes halogenated alkanes) is 26. The highest BCUT2D eigenvalue weighted by Crippen LogP contribution is 2.23. The summed E-state index contributed by atoms with van der Waals surface area (Å²) in [7, 11) is 0. The number of esters is 2. The summed E-state index contributed by atoms with van der Waals surface area (Å²) in [5.41, 5.74) is 0. The summed E-state index contributed by atoms with van der Waals surface area (Å²) in [5, 5.41) is 40.1. The second-order valence-corrected chi connectivity index (χ2v) is 16.9. The Balaban J connectivity index is 2.25. The minimum absolute atomic E-state index is 0.219. The summed E-state index contributed by atoms with van der Waals surface area (Å²) in [6.07, 6.45) is 37.8. The van der Waals surface area contributed by atoms with Crippen molar-refractivity contribution in [2.75, 3.05) is 19.8 Å². The van der Waals surface area contributed by atoms with Crippen LogP contribution in [0.2, 0.25) is 0 Å². The SMILES string of the molecule is CCCCCCCCCCCCCCCC/C=C/CC/C=C/CCCC(=O)OC[C@@H](CO[C@H]1O[C@@H](CO)[C@@H](O)C(O)C1O)OC(=O)CCCCCCCCCCCCC. The Labute approximate surface area is 360 Å². The fraction of sp³-hybridized carbons (Fsp3) is 0.878. The first-order valence-electron chi connectivity index (χ1n) is 24.4. The molecular formula is C49H90O10. The van der Waals surface area contributed by atoms with E-state index in [1.54, 1.807) is 0 Å². The maximum absolute atomic E-state index is 12.7. The Hall–Kier alpha value is -1.82. The van der Waals surface area contributed by atoms with Gasteiger partial charge in [-0.15, -0.1) is 0 Å². The number of carbonyl (C=O) groups is 2. The van der Waals surface area contributed by atoms with Crippen LogP contribution in [0.15, 0.2) is 24.3 Å². The van der Waals surface area contributed by atoms with Gasteiger partial charge in [0.05, 0.1) is 13.2 Å². The second-order valence-electron chi connectivity index (χ2n) is 16.9. The standard InChI is InChI=1S/C49H90O10/c1-3-5-7-9-11-13-15-16-17-18-19-20-21-22-23-24-25-26-28-29-31-33-35-37-44(51)56-40-42(41-57-49-48(55)47(54)46(53)43(39-50)59-49)58-45(52)38-36-34-32-30-27-14-12-10-8-6-4-2/h24-25,29,31,42-43,46-50,53-55H,3-23,26-28,30,32-41H2,1-2H3/b25-24+,31-29+/t42-,43-,46+,47?,48?,49-/m0/s1. The number of rotatable bonds is 41. The van der Waals surface area contributed by atoms with Gasteiger partial charge in [-0.05, 0) is 44.9 Å². The van der Waals surface area contributed by atoms with Gasteiger partial charge in [-0.3, -0.25) is 9.59 Å². The zero-order valence-electron chi connectivity index (χ0n) is 37.8. The first-order valence-corrected chi connectivity index (χ1v) is 24.4. The molecule has 6 atom stereocenters. The molecule has 59 heavy (non-hydrogen) atoms. The van der Waals surface area contributed by atoms with Gasteiger partial charge >= 0.3 is 11.9 Å². The number of aliphatic hydroxyl groups is 4. The molecule has 10 nitrogen and oxygen atoms in total. The van der Waals surface area contributed by atoms with E-state index in [0.717, 1.165) is 44.9 Å². The van der Waals surface area contributed by atoms with Gasteiger partial charge in [0.15, 0.2) is 12.4 Å². The maximum atomic E-state index is 12.7. The van der Waals surface area contributed by atoms with E-state index in [9.17, 15) is 30.0 Å². The Bertz CT molecular complexity index is 1020. The van der Waals surface area contributed by atoms with Gasteiger partial charge in [0.25, 0.3) is 0 Å². The molecule has 1 saturated heterocycles. The van der Waals surface area contributed by atoms with Crippen LogP contribution in [0.25, 0.3) is 0 Å². The summed E-state index contributed by atoms with van der Waals surface area (Å²) < 4.78 is 22.1. The lowest BCUT2D eigenvalue weighted by Crippen LogP contribution is -2.59. The molecular weight excluding hydrogens is 749 g/mol. The van der Waals surface area contributed by atoms with Gasteiger partial charge in [-0.1, -0.05) is 186 Å². The minimum Gasteiger partial charge on any atom is -0.462 e. The topological polar surface area (TPSA) is 152 Å². The fourth-order valence-corrected chi connectivity index (χ4v) is 7.44. The average Bonchev–Trinajstić information content (AvgIpc) is 3.23. The molecule has 0 aromatic carbocycles. The molecule has 4 N–H and O–H groups in total. The van der Waals surface area contributed by atoms with Crippen LogP contribution < -0.4 is 0 Å². The van der Waals surface area contributed by atoms with Crippen LogP contribution in [0.3, 0.4) is 0 Å². The van der Waals surface area contributed by atoms with Gasteiger partial charge in [-0.2, -0.15) is 0 Å². The molecule has 0 saturated carbocycles. The molecule has 1 fully saturated rings. The van der Waals surface area contributed by atoms with Crippen LogP contribution in [-0.2, 0) is 28.5 Å². The van der Waals surface area contributed by atoms with E-state index in [-0.39, 0.29) is 26.1 Å². The van der Waals surface area contributed by atoms with Crippen LogP contribution >= 0.6 is 0 Å². The Morgan fingerprint density at radius 2 is 0.932 bits per heavy atom. The Kier molecular flexibility index (Phi) is 37.7. The summed E-state index contributed by atoms with van der Waals surface area (Å²) in [4.78, 5) is 25.3. The molecule has 0 aliphatic carbocycles. The summed E-state index contributed by atoms with van der Waals surface area (Å²) >= 11 is 0. The average molecular weight is 839 g/mol. The van der Waals surface area contributed by atoms with Crippen molar-refractivity contribution in [3.05, 3.63) is 24.3 Å². The van der Waals surface area contributed by atoms with Crippen molar-refractivity contribution in [3.63, 3.8) is 0 Å². The highest BCUT2D eigenvalue weighted by atomic mass is 16.7. The van der Waals surface area contributed by atoms with Crippen molar-refractivity contribution < 1.29 is 49.0 Å². The summed E-state index contributed by atoms with van der Waals surface area (Å²) in [6, 6.07) is 0. The number of hydrogen-bond acceptors (Lipinski definition) is 10. The minimum atomic E-state index is -1.60. The predicted octanol–water partition coefficient (Wildman–Crippen LogP) is 10.9. The molecule has 1 aliphatic rings. The van der Waals surface area contributed by atoms with Gasteiger partial charge < -0.3 is 39.4 Å². The molecule has 0 aromatic heterocycles. The van der Waals surface area contributed by atoms with Crippen LogP contribution in [0, 0.1) is 0 Å². The van der Waals surface area contributed by atoms with E-state index >= 15 is 0 Å². The third-order valence-corrected chi connectivity index (χ3v) is 11.3. The molecule has 1 rings (SSSR count). The zero-order valence-corrected chi connectivity index (χ0v) is 37.8. The number of allylic oxidation sites excluding steroid dienone is 4. The number of ether oxygens (including phenoxy) is 4. The van der Waals surface area contributed by atoms with Gasteiger partial charge in [0, 0.05) is 12.8 Å². The Morgan fingerprint density at radius 3 is 1.42 bits per heavy atom. The zero-order chi connectivity index (χ0) is 43.0. The van der Waals surface area contributed by atoms with E-state index in [1.807, 2.05) is 0 Å². The van der Waals surface area contributed by atoms with Crippen molar-refractivity contribution in [1.82, 2.24) is 0 Å². The van der Waals surface area contributed by atoms with Gasteiger partial charge in [0.1, 0.15) is 31.0 Å². The number of hydrogen-bond donors (Lipinski definition) is 4. The fourth-order valence-electron chi connectivity index (χ4n) is 7.44. The lowest BCUT2D eigenvalue weighted by molar-refractivity contribution is -0.305. The van der Waals surface area contributed by atoms with Crippen molar-refractivity contribution in [2.45, 2.75) is 256 Å². The largest absolute Gasteiger partial charge is 0.462 e. The van der Waals surface area contributed by atoms with Crippen molar-refractivity contribution in [2.24, 2.45) is 0 Å². The molecule has 0 bridgehead atoms. The quantitative estimate of drug-likeness (QED) is 0.0266. The third-order valence-electron chi connectivity index (χ3n) is 11.3. The lowest BCUT2D eigenvalue weighted by atomic mass is 9.99. The maximum Gasteiger partial charge on any atom is 0.306 e. The van der Waals surface area contributed by atoms with Crippen molar-refractivity contribution >= 4 is 11.9 Å². The molecule has 0 spiro atoms. The van der Waals surface area contributed by atoms with Gasteiger partial charge in [0.2, 0.25) is 0 Å². The van der Waals surface area contributed by atoms with E-state index < -0.39 is 55.4 Å². The molecule has 1 aliphatic heterocycles. The Morgan fingerprint density at radius 1 is 0.508 bits per heavy atom. The lowest BCUT2D eigenvalue weighted by Gasteiger charge is -2.39. The number of aliphatic hydroxyl groups excluding tert-OH is 4. The van der Waals surface area contributed by atoms with Crippen LogP contribution in [0.5, 0.6) is 0 Å². The molecule has 346 valence electrons. The number of carbonyl (C=O) groups excluding carboxylic acids is 2. The highest BCUT2D eigenvalue weighted by Gasteiger charge is 2.44. The third kappa shape index (κ3) is 31.7. The summed E-state index contributed by atoms with van der Waals surface area (Å²) in [5.74, 6) is -0.849. The van der Waals surface area contributed by atoms with E-state index in [2.05, 4.69) is 38.2 Å². The van der Waals surface area contributed by atoms with E-state index in [4.69, 9.17) is 18.9 Å². The van der Waals surface area contributed by atoms with Crippen molar-refractivity contribution in [3.8, 4) is 0 Å². The van der Waals surface area contributed by atoms with E-state index in [1.165, 1.54) is 135 Å². The highest BCUT2D eigenvalue weighted by molar-refractivity contribution is 5.70. The molecule has 0 aromatic rings. The van der Waals surface area contributed by atoms with Crippen LogP contribution in [0.4, 0.5) is 0 Å². The molecule has 0 radical (unpaired) electrons. The molecule has 2 unspecified atom stereocenters. The van der Waals surface area contributed by atoms with Gasteiger partial charge in [-0.25, -0.2) is 0 Å². The first-order chi connectivity index (χ1) is 28.8. The van der Waals surface area contributed by atoms with Crippen LogP contribution in [-0.4, -0.2) is 89.0 Å². The summed E-state index contributed by atoms with van der Waals surface area (Å²) in [6.45, 7) is 3.40. The monoisotopic (exact) mass is 839 g/mol. The molecule has 0 amide bonds. The predicted molar refractivity (Wildman–Crippen MR) is 238 cm³/mol. The van der Waals surface area contributed by atoms with Crippen molar-refractivity contribution in [1.29, 1.82) is 0 Å².